The molecule has 2 heterocycles. The van der Waals surface area contributed by atoms with E-state index >= 15 is 0 Å². The first-order valence-electron chi connectivity index (χ1n) is 6.31. The summed E-state index contributed by atoms with van der Waals surface area (Å²) in [6.45, 7) is 1.93. The third-order valence-electron chi connectivity index (χ3n) is 2.93. The molecule has 0 aliphatic rings. The molecule has 0 aliphatic carbocycles. The summed E-state index contributed by atoms with van der Waals surface area (Å²) in [6, 6.07) is 0. The second kappa shape index (κ2) is 6.17. The monoisotopic (exact) mass is 312 g/mol. The van der Waals surface area contributed by atoms with Gasteiger partial charge in [-0.3, -0.25) is 18.8 Å². The fourth-order valence-electron chi connectivity index (χ4n) is 2.03. The van der Waals surface area contributed by atoms with Crippen molar-refractivity contribution in [1.29, 1.82) is 0 Å². The number of ether oxygens (including phenoxy) is 1. The van der Waals surface area contributed by atoms with Crippen LogP contribution in [0.4, 0.5) is 0 Å². The zero-order valence-electron chi connectivity index (χ0n) is 12.0. The zero-order valence-corrected chi connectivity index (χ0v) is 12.8. The van der Waals surface area contributed by atoms with Crippen LogP contribution in [-0.4, -0.2) is 49.2 Å². The van der Waals surface area contributed by atoms with Crippen molar-refractivity contribution >= 4 is 34.9 Å². The molecule has 8 nitrogen and oxygen atoms in total. The summed E-state index contributed by atoms with van der Waals surface area (Å²) in [6.07, 6.45) is 0.704. The van der Waals surface area contributed by atoms with Gasteiger partial charge in [0.25, 0.3) is 0 Å². The molecule has 0 bridgehead atoms. The van der Waals surface area contributed by atoms with Crippen LogP contribution in [0.15, 0.2) is 5.16 Å². The van der Waals surface area contributed by atoms with Gasteiger partial charge in [-0.1, -0.05) is 18.7 Å². The van der Waals surface area contributed by atoms with E-state index in [1.807, 2.05) is 6.92 Å². The molecule has 0 fully saturated rings. The minimum Gasteiger partial charge on any atom is -0.481 e. The Labute approximate surface area is 125 Å². The van der Waals surface area contributed by atoms with Crippen molar-refractivity contribution in [2.75, 3.05) is 12.9 Å². The van der Waals surface area contributed by atoms with Crippen LogP contribution in [0.1, 0.15) is 12.6 Å². The molecule has 0 saturated carbocycles. The van der Waals surface area contributed by atoms with Gasteiger partial charge < -0.3 is 9.84 Å². The Kier molecular flexibility index (Phi) is 4.51. The van der Waals surface area contributed by atoms with E-state index in [4.69, 9.17) is 5.11 Å². The summed E-state index contributed by atoms with van der Waals surface area (Å²) in [7, 11) is 3.07. The van der Waals surface area contributed by atoms with E-state index in [2.05, 4.69) is 14.8 Å². The fraction of sp³-hybridized carbons (Fsp3) is 0.500. The number of nitrogens with zero attached hydrogens (tertiary/aromatic N) is 4. The maximum atomic E-state index is 11.6. The summed E-state index contributed by atoms with van der Waals surface area (Å²) in [5.41, 5.74) is 2.19. The predicted octanol–water partition coefficient (Wildman–Crippen LogP) is 0.682. The topological polar surface area (TPSA) is 99.2 Å². The average molecular weight is 312 g/mol. The van der Waals surface area contributed by atoms with Crippen molar-refractivity contribution in [2.24, 2.45) is 7.05 Å². The molecular formula is C12H16N4O4S. The Hall–Kier alpha value is -2.03. The van der Waals surface area contributed by atoms with Gasteiger partial charge >= 0.3 is 11.9 Å². The second-order valence-electron chi connectivity index (χ2n) is 4.34. The summed E-state index contributed by atoms with van der Waals surface area (Å²) in [5, 5.41) is 13.6. The molecule has 0 saturated heterocycles. The van der Waals surface area contributed by atoms with Gasteiger partial charge in [-0.15, -0.1) is 0 Å². The lowest BCUT2D eigenvalue weighted by Crippen LogP contribution is -2.14. The maximum Gasteiger partial charge on any atom is 0.325 e. The number of rotatable bonds is 6. The summed E-state index contributed by atoms with van der Waals surface area (Å²) in [5.74, 6) is -1.49. The molecule has 0 radical (unpaired) electrons. The number of hydrogen-bond acceptors (Lipinski definition) is 6. The van der Waals surface area contributed by atoms with E-state index in [0.717, 1.165) is 17.5 Å². The van der Waals surface area contributed by atoms with Gasteiger partial charge in [0, 0.05) is 7.05 Å². The number of carbonyl (C=O) groups is 2. The molecule has 21 heavy (non-hydrogen) atoms. The van der Waals surface area contributed by atoms with Crippen LogP contribution in [0.3, 0.4) is 0 Å². The van der Waals surface area contributed by atoms with E-state index in [-0.39, 0.29) is 12.3 Å². The lowest BCUT2D eigenvalue weighted by atomic mass is 10.3. The van der Waals surface area contributed by atoms with Crippen molar-refractivity contribution < 1.29 is 19.4 Å². The number of carboxylic acid groups (broad SMARTS) is 1. The van der Waals surface area contributed by atoms with Gasteiger partial charge in [-0.05, 0) is 6.42 Å². The van der Waals surface area contributed by atoms with E-state index in [9.17, 15) is 9.59 Å². The molecule has 0 spiro atoms. The van der Waals surface area contributed by atoms with Gasteiger partial charge in [-0.2, -0.15) is 5.10 Å². The van der Waals surface area contributed by atoms with E-state index in [1.165, 1.54) is 7.11 Å². The SMILES string of the molecule is CCc1nn(C)c2c1nc(SCC(=O)O)n2CC(=O)OC. The highest BCUT2D eigenvalue weighted by atomic mass is 32.2. The van der Waals surface area contributed by atoms with Crippen LogP contribution >= 0.6 is 11.8 Å². The molecule has 114 valence electrons. The van der Waals surface area contributed by atoms with E-state index < -0.39 is 11.9 Å². The summed E-state index contributed by atoms with van der Waals surface area (Å²) < 4.78 is 7.97. The number of carboxylic acids is 1. The van der Waals surface area contributed by atoms with Crippen molar-refractivity contribution in [2.45, 2.75) is 25.0 Å². The Morgan fingerprint density at radius 2 is 2.14 bits per heavy atom. The highest BCUT2D eigenvalue weighted by Crippen LogP contribution is 2.26. The number of methoxy groups -OCH3 is 1. The van der Waals surface area contributed by atoms with Gasteiger partial charge in [-0.25, -0.2) is 4.98 Å². The quantitative estimate of drug-likeness (QED) is 0.618. The number of aryl methyl sites for hydroxylation is 2. The maximum absolute atomic E-state index is 11.6. The van der Waals surface area contributed by atoms with Gasteiger partial charge in [0.1, 0.15) is 12.1 Å². The number of aliphatic carboxylic acids is 1. The standard InChI is InChI=1S/C12H16N4O4S/c1-4-7-10-11(15(2)14-7)16(5-9(19)20-3)12(13-10)21-6-8(17)18/h4-6H2,1-3H3,(H,17,18). The number of thioether (sulfide) groups is 1. The first-order chi connectivity index (χ1) is 9.97. The zero-order chi connectivity index (χ0) is 15.6. The molecule has 0 unspecified atom stereocenters. The van der Waals surface area contributed by atoms with E-state index in [0.29, 0.717) is 22.7 Å². The van der Waals surface area contributed by atoms with Crippen LogP contribution in [0.25, 0.3) is 11.2 Å². The van der Waals surface area contributed by atoms with Crippen LogP contribution in [0.2, 0.25) is 0 Å². The van der Waals surface area contributed by atoms with Crippen molar-refractivity contribution in [3.8, 4) is 0 Å². The van der Waals surface area contributed by atoms with E-state index in [1.54, 1.807) is 16.3 Å². The number of aromatic nitrogens is 4. The minimum absolute atomic E-state index is 0.0301. The van der Waals surface area contributed by atoms with Crippen LogP contribution in [-0.2, 0) is 34.3 Å². The summed E-state index contributed by atoms with van der Waals surface area (Å²) in [4.78, 5) is 26.7. The van der Waals surface area contributed by atoms with Gasteiger partial charge in [0.15, 0.2) is 10.8 Å². The fourth-order valence-corrected chi connectivity index (χ4v) is 2.75. The Morgan fingerprint density at radius 3 is 2.71 bits per heavy atom. The summed E-state index contributed by atoms with van der Waals surface area (Å²) >= 11 is 1.07. The van der Waals surface area contributed by atoms with Crippen LogP contribution < -0.4 is 0 Å². The number of carbonyl (C=O) groups excluding carboxylic acids is 1. The Morgan fingerprint density at radius 1 is 1.43 bits per heavy atom. The Balaban J connectivity index is 2.51. The minimum atomic E-state index is -0.939. The number of esters is 1. The third-order valence-corrected chi connectivity index (χ3v) is 3.89. The predicted molar refractivity (Wildman–Crippen MR) is 76.3 cm³/mol. The average Bonchev–Trinajstić information content (AvgIpc) is 2.95. The largest absolute Gasteiger partial charge is 0.481 e. The number of hydrogen-bond donors (Lipinski definition) is 1. The van der Waals surface area contributed by atoms with Gasteiger partial charge in [0.2, 0.25) is 0 Å². The smallest absolute Gasteiger partial charge is 0.325 e. The highest BCUT2D eigenvalue weighted by molar-refractivity contribution is 7.99. The lowest BCUT2D eigenvalue weighted by Gasteiger charge is -2.07. The van der Waals surface area contributed by atoms with Crippen molar-refractivity contribution in [3.05, 3.63) is 5.69 Å². The molecule has 0 aromatic carbocycles. The molecule has 2 rings (SSSR count). The first kappa shape index (κ1) is 15.4. The molecule has 1 N–H and O–H groups in total. The van der Waals surface area contributed by atoms with Crippen molar-refractivity contribution in [1.82, 2.24) is 19.3 Å². The molecular weight excluding hydrogens is 296 g/mol. The first-order valence-corrected chi connectivity index (χ1v) is 7.30. The molecule has 2 aromatic heterocycles. The molecule has 0 amide bonds. The number of imidazole rings is 1. The normalized spacial score (nSPS) is 11.0. The third kappa shape index (κ3) is 3.02. The number of fused-ring (bicyclic) bond motifs is 1. The molecule has 0 atom stereocenters. The molecule has 9 heteroatoms. The van der Waals surface area contributed by atoms with Gasteiger partial charge in [0.05, 0.1) is 18.6 Å². The molecule has 2 aromatic rings. The highest BCUT2D eigenvalue weighted by Gasteiger charge is 2.21. The van der Waals surface area contributed by atoms with Crippen LogP contribution in [0.5, 0.6) is 0 Å². The van der Waals surface area contributed by atoms with Crippen LogP contribution in [0, 0.1) is 0 Å². The molecule has 0 aliphatic heterocycles. The van der Waals surface area contributed by atoms with Crippen molar-refractivity contribution in [3.63, 3.8) is 0 Å². The Bertz CT molecular complexity index is 691. The second-order valence-corrected chi connectivity index (χ2v) is 5.28. The lowest BCUT2D eigenvalue weighted by molar-refractivity contribution is -0.141.